The van der Waals surface area contributed by atoms with Crippen molar-refractivity contribution in [3.63, 3.8) is 0 Å². The second kappa shape index (κ2) is 17.8. The molecule has 0 aromatic carbocycles. The quantitative estimate of drug-likeness (QED) is 0.446. The van der Waals surface area contributed by atoms with Crippen LogP contribution in [-0.4, -0.2) is 150 Å². The van der Waals surface area contributed by atoms with Gasteiger partial charge in [0, 0.05) is 78.5 Å². The van der Waals surface area contributed by atoms with Crippen LogP contribution >= 0.6 is 19.4 Å². The van der Waals surface area contributed by atoms with Crippen LogP contribution < -0.4 is 0 Å². The van der Waals surface area contributed by atoms with Gasteiger partial charge in [0.1, 0.15) is 0 Å². The maximum absolute atomic E-state index is 4.85. The van der Waals surface area contributed by atoms with E-state index >= 15 is 0 Å². The van der Waals surface area contributed by atoms with E-state index in [1.54, 1.807) is 0 Å². The minimum absolute atomic E-state index is 0.346. The molecule has 0 saturated carbocycles. The Kier molecular flexibility index (Phi) is 18.4. The molecule has 0 spiro atoms. The summed E-state index contributed by atoms with van der Waals surface area (Å²) in [4.78, 5) is 14.4. The van der Waals surface area contributed by atoms with E-state index in [2.05, 4.69) is 71.7 Å². The Bertz CT molecular complexity index is 241. The van der Waals surface area contributed by atoms with E-state index in [0.29, 0.717) is 0 Å². The third-order valence-corrected chi connectivity index (χ3v) is 5.18. The van der Waals surface area contributed by atoms with Crippen LogP contribution in [0, 0.1) is 0 Å². The molecule has 6 nitrogen and oxygen atoms in total. The van der Waals surface area contributed by atoms with E-state index < -0.39 is 0 Å². The molecule has 0 unspecified atom stereocenters. The van der Waals surface area contributed by atoms with Crippen molar-refractivity contribution in [3.05, 3.63) is 0 Å². The van der Waals surface area contributed by atoms with Gasteiger partial charge >= 0.3 is 34.5 Å². The van der Waals surface area contributed by atoms with Gasteiger partial charge in [0.25, 0.3) is 0 Å². The van der Waals surface area contributed by atoms with Crippen molar-refractivity contribution >= 4 is 19.4 Å². The molecular formula is C18H42Cl2N6Ru. The van der Waals surface area contributed by atoms with Gasteiger partial charge in [-0.05, 0) is 42.3 Å². The molecule has 2 saturated heterocycles. The molecule has 0 aliphatic carbocycles. The molecule has 0 amide bonds. The first-order chi connectivity index (χ1) is 12.8. The zero-order valence-electron chi connectivity index (χ0n) is 18.3. The summed E-state index contributed by atoms with van der Waals surface area (Å²) in [6, 6.07) is 0. The van der Waals surface area contributed by atoms with Gasteiger partial charge in [0.05, 0.1) is 0 Å². The maximum atomic E-state index is 4.85. The standard InChI is InChI=1S/2C9H21N3.2ClH.Ru/c2*1-10-4-6-11(2)8-9-12(3)7-5-10;;;/h2*4-9H2,1-3H3;2*1H;/q;;;;+2/p-2. The minimum atomic E-state index is -0.346. The van der Waals surface area contributed by atoms with Crippen LogP contribution in [0.25, 0.3) is 0 Å². The molecule has 0 radical (unpaired) electrons. The van der Waals surface area contributed by atoms with Crippen LogP contribution in [0.3, 0.4) is 0 Å². The molecule has 0 atom stereocenters. The molecule has 0 bridgehead atoms. The molecule has 166 valence electrons. The number of rotatable bonds is 0. The Balaban J connectivity index is 0.000000438. The number of halogens is 2. The van der Waals surface area contributed by atoms with Crippen molar-refractivity contribution in [1.82, 2.24) is 29.4 Å². The zero-order valence-corrected chi connectivity index (χ0v) is 21.5. The summed E-state index contributed by atoms with van der Waals surface area (Å²) in [5.41, 5.74) is 0. The van der Waals surface area contributed by atoms with Crippen LogP contribution in [-0.2, 0) is 15.1 Å². The van der Waals surface area contributed by atoms with Gasteiger partial charge < -0.3 is 29.4 Å². The summed E-state index contributed by atoms with van der Waals surface area (Å²) >= 11 is -0.346. The molecule has 9 heteroatoms. The molecule has 2 aliphatic rings. The molecule has 0 N–H and O–H groups in total. The van der Waals surface area contributed by atoms with Gasteiger partial charge in [0.2, 0.25) is 0 Å². The number of likely N-dealkylation sites (N-methyl/N-ethyl adjacent to an activating group) is 6. The fourth-order valence-corrected chi connectivity index (χ4v) is 2.72. The Labute approximate surface area is 184 Å². The first-order valence-corrected chi connectivity index (χ1v) is 14.2. The Morgan fingerprint density at radius 3 is 0.519 bits per heavy atom. The van der Waals surface area contributed by atoms with Crippen LogP contribution in [0.2, 0.25) is 0 Å². The summed E-state index contributed by atoms with van der Waals surface area (Å²) in [6.07, 6.45) is 0. The Morgan fingerprint density at radius 1 is 0.370 bits per heavy atom. The van der Waals surface area contributed by atoms with Gasteiger partial charge in [0.15, 0.2) is 0 Å². The van der Waals surface area contributed by atoms with Crippen LogP contribution in [0.1, 0.15) is 0 Å². The Hall–Kier alpha value is 0.963. The van der Waals surface area contributed by atoms with Crippen LogP contribution in [0.4, 0.5) is 0 Å². The molecule has 2 heterocycles. The molecule has 27 heavy (non-hydrogen) atoms. The van der Waals surface area contributed by atoms with Crippen LogP contribution in [0.5, 0.6) is 0 Å². The summed E-state index contributed by atoms with van der Waals surface area (Å²) in [5, 5.41) is 0. The van der Waals surface area contributed by atoms with Crippen molar-refractivity contribution in [3.8, 4) is 0 Å². The van der Waals surface area contributed by atoms with Crippen molar-refractivity contribution in [2.45, 2.75) is 0 Å². The Morgan fingerprint density at radius 2 is 0.444 bits per heavy atom. The molecule has 0 aromatic rings. The predicted octanol–water partition coefficient (Wildman–Crippen LogP) is 0.967. The molecule has 2 fully saturated rings. The summed E-state index contributed by atoms with van der Waals surface area (Å²) in [6.45, 7) is 14.4. The second-order valence-electron chi connectivity index (χ2n) is 7.87. The monoisotopic (exact) mass is 514 g/mol. The van der Waals surface area contributed by atoms with E-state index in [0.717, 1.165) is 0 Å². The van der Waals surface area contributed by atoms with E-state index in [-0.39, 0.29) is 15.1 Å². The molecular weight excluding hydrogens is 472 g/mol. The van der Waals surface area contributed by atoms with Crippen molar-refractivity contribution in [1.29, 1.82) is 0 Å². The molecule has 2 rings (SSSR count). The van der Waals surface area contributed by atoms with Crippen molar-refractivity contribution in [2.75, 3.05) is 121 Å². The summed E-state index contributed by atoms with van der Waals surface area (Å²) in [5.74, 6) is 0. The van der Waals surface area contributed by atoms with Crippen LogP contribution in [0.15, 0.2) is 0 Å². The molecule has 0 aromatic heterocycles. The second-order valence-corrected chi connectivity index (χ2v) is 10.5. The van der Waals surface area contributed by atoms with Crippen molar-refractivity contribution in [2.24, 2.45) is 0 Å². The first kappa shape index (κ1) is 28.0. The SMILES string of the molecule is CN1CCN(C)CCN(C)CC1.CN1CCN(C)CCN(C)CC1.[Cl][Ru][Cl]. The topological polar surface area (TPSA) is 19.4 Å². The van der Waals surface area contributed by atoms with Gasteiger partial charge in [-0.3, -0.25) is 0 Å². The van der Waals surface area contributed by atoms with E-state index in [4.69, 9.17) is 19.4 Å². The zero-order chi connectivity index (χ0) is 20.7. The number of nitrogens with zero attached hydrogens (tertiary/aromatic N) is 6. The van der Waals surface area contributed by atoms with Gasteiger partial charge in [-0.25, -0.2) is 0 Å². The normalized spacial score (nSPS) is 24.1. The average molecular weight is 515 g/mol. The summed E-state index contributed by atoms with van der Waals surface area (Å²) < 4.78 is 0. The summed E-state index contributed by atoms with van der Waals surface area (Å²) in [7, 11) is 22.9. The van der Waals surface area contributed by atoms with Gasteiger partial charge in [-0.1, -0.05) is 0 Å². The predicted molar refractivity (Wildman–Crippen MR) is 117 cm³/mol. The van der Waals surface area contributed by atoms with Gasteiger partial charge in [-0.2, -0.15) is 0 Å². The van der Waals surface area contributed by atoms with E-state index in [1.807, 2.05) is 0 Å². The number of hydrogen-bond donors (Lipinski definition) is 0. The average Bonchev–Trinajstić information content (AvgIpc) is 2.75. The van der Waals surface area contributed by atoms with Gasteiger partial charge in [-0.15, -0.1) is 0 Å². The molecule has 2 aliphatic heterocycles. The third kappa shape index (κ3) is 17.5. The third-order valence-electron chi connectivity index (χ3n) is 5.18. The first-order valence-electron chi connectivity index (χ1n) is 9.75. The van der Waals surface area contributed by atoms with Crippen molar-refractivity contribution < 1.29 is 15.1 Å². The fraction of sp³-hybridized carbons (Fsp3) is 1.00. The van der Waals surface area contributed by atoms with E-state index in [9.17, 15) is 0 Å². The number of hydrogen-bond acceptors (Lipinski definition) is 6. The fourth-order valence-electron chi connectivity index (χ4n) is 2.72. The van der Waals surface area contributed by atoms with E-state index in [1.165, 1.54) is 78.5 Å².